The van der Waals surface area contributed by atoms with E-state index in [1.165, 1.54) is 23.4 Å². The van der Waals surface area contributed by atoms with E-state index in [1.54, 1.807) is 4.90 Å². The van der Waals surface area contributed by atoms with Crippen LogP contribution in [0.2, 0.25) is 5.15 Å². The molecular weight excluding hydrogens is 286 g/mol. The van der Waals surface area contributed by atoms with Gasteiger partial charge in [0.15, 0.2) is 0 Å². The first-order valence-electron chi connectivity index (χ1n) is 6.88. The van der Waals surface area contributed by atoms with E-state index in [-0.39, 0.29) is 11.1 Å². The number of nitrogen functional groups attached to an aromatic ring is 1. The summed E-state index contributed by atoms with van der Waals surface area (Å²) in [5.41, 5.74) is 10.00. The molecule has 1 aromatic heterocycles. The molecule has 5 heteroatoms. The van der Waals surface area contributed by atoms with Crippen molar-refractivity contribution < 1.29 is 4.79 Å². The van der Waals surface area contributed by atoms with Crippen molar-refractivity contribution in [2.45, 2.75) is 19.8 Å². The quantitative estimate of drug-likeness (QED) is 0.823. The number of aromatic nitrogens is 1. The monoisotopic (exact) mass is 301 g/mol. The number of pyridine rings is 1. The van der Waals surface area contributed by atoms with E-state index in [0.29, 0.717) is 17.8 Å². The molecule has 1 amide bonds. The second kappa shape index (κ2) is 5.37. The third-order valence-electron chi connectivity index (χ3n) is 3.73. The molecule has 0 bridgehead atoms. The molecular formula is C16H16ClN3O. The number of carbonyl (C=O) groups excluding carboxylic acids is 1. The Bertz CT molecular complexity index is 715. The molecule has 0 atom stereocenters. The standard InChI is InChI=1S/C16H16ClN3O/c1-10-4-5-14-11(7-10)3-2-6-20(14)16(21)12-8-15(17)19-9-13(12)18/h4-5,7-9H,2-3,6,18H2,1H3. The summed E-state index contributed by atoms with van der Waals surface area (Å²) in [7, 11) is 0. The smallest absolute Gasteiger partial charge is 0.260 e. The van der Waals surface area contributed by atoms with Crippen LogP contribution in [0.5, 0.6) is 0 Å². The molecule has 0 aliphatic carbocycles. The Morgan fingerprint density at radius 3 is 3.00 bits per heavy atom. The van der Waals surface area contributed by atoms with Gasteiger partial charge in [-0.2, -0.15) is 0 Å². The minimum Gasteiger partial charge on any atom is -0.397 e. The van der Waals surface area contributed by atoms with Gasteiger partial charge in [0.05, 0.1) is 17.4 Å². The lowest BCUT2D eigenvalue weighted by atomic mass is 9.99. The molecule has 4 nitrogen and oxygen atoms in total. The fraction of sp³-hybridized carbons (Fsp3) is 0.250. The van der Waals surface area contributed by atoms with Crippen LogP contribution in [0.25, 0.3) is 0 Å². The summed E-state index contributed by atoms with van der Waals surface area (Å²) in [6, 6.07) is 7.69. The number of fused-ring (bicyclic) bond motifs is 1. The first-order valence-corrected chi connectivity index (χ1v) is 7.26. The van der Waals surface area contributed by atoms with Crippen molar-refractivity contribution in [1.29, 1.82) is 0 Å². The van der Waals surface area contributed by atoms with E-state index in [2.05, 4.69) is 18.0 Å². The number of anilines is 2. The van der Waals surface area contributed by atoms with E-state index in [0.717, 1.165) is 18.5 Å². The maximum atomic E-state index is 12.8. The molecule has 0 unspecified atom stereocenters. The molecule has 0 saturated carbocycles. The number of nitrogens with two attached hydrogens (primary N) is 1. The van der Waals surface area contributed by atoms with Gasteiger partial charge in [-0.05, 0) is 37.5 Å². The fourth-order valence-corrected chi connectivity index (χ4v) is 2.87. The van der Waals surface area contributed by atoms with Crippen molar-refractivity contribution in [3.05, 3.63) is 52.3 Å². The number of carbonyl (C=O) groups is 1. The van der Waals surface area contributed by atoms with Crippen LogP contribution in [0.1, 0.15) is 27.9 Å². The largest absolute Gasteiger partial charge is 0.397 e. The van der Waals surface area contributed by atoms with Crippen molar-refractivity contribution in [2.75, 3.05) is 17.2 Å². The number of amides is 1. The Kier molecular flexibility index (Phi) is 3.55. The third-order valence-corrected chi connectivity index (χ3v) is 3.94. The number of benzene rings is 1. The molecule has 108 valence electrons. The molecule has 0 spiro atoms. The van der Waals surface area contributed by atoms with Crippen molar-refractivity contribution in [3.8, 4) is 0 Å². The van der Waals surface area contributed by atoms with Crippen LogP contribution >= 0.6 is 11.6 Å². The molecule has 1 aliphatic heterocycles. The van der Waals surface area contributed by atoms with Gasteiger partial charge in [-0.1, -0.05) is 29.3 Å². The molecule has 1 aliphatic rings. The van der Waals surface area contributed by atoms with E-state index < -0.39 is 0 Å². The topological polar surface area (TPSA) is 59.2 Å². The number of aryl methyl sites for hydroxylation is 2. The zero-order chi connectivity index (χ0) is 15.0. The molecule has 2 heterocycles. The van der Waals surface area contributed by atoms with Crippen molar-refractivity contribution in [3.63, 3.8) is 0 Å². The van der Waals surface area contributed by atoms with Gasteiger partial charge >= 0.3 is 0 Å². The molecule has 21 heavy (non-hydrogen) atoms. The van der Waals surface area contributed by atoms with E-state index in [1.807, 2.05) is 12.1 Å². The number of halogens is 1. The van der Waals surface area contributed by atoms with Gasteiger partial charge in [0.2, 0.25) is 0 Å². The van der Waals surface area contributed by atoms with Crippen LogP contribution in [0.15, 0.2) is 30.5 Å². The molecule has 2 aromatic rings. The highest BCUT2D eigenvalue weighted by Gasteiger charge is 2.25. The lowest BCUT2D eigenvalue weighted by molar-refractivity contribution is 0.0986. The van der Waals surface area contributed by atoms with Gasteiger partial charge in [-0.25, -0.2) is 4.98 Å². The maximum Gasteiger partial charge on any atom is 0.260 e. The summed E-state index contributed by atoms with van der Waals surface area (Å²) in [5.74, 6) is -0.124. The average Bonchev–Trinajstić information content (AvgIpc) is 2.48. The Labute approximate surface area is 128 Å². The molecule has 0 radical (unpaired) electrons. The van der Waals surface area contributed by atoms with E-state index in [9.17, 15) is 4.79 Å². The number of hydrogen-bond acceptors (Lipinski definition) is 3. The lowest BCUT2D eigenvalue weighted by Crippen LogP contribution is -2.36. The van der Waals surface area contributed by atoms with Gasteiger partial charge in [0.1, 0.15) is 5.15 Å². The summed E-state index contributed by atoms with van der Waals surface area (Å²) < 4.78 is 0. The molecule has 0 saturated heterocycles. The number of nitrogens with zero attached hydrogens (tertiary/aromatic N) is 2. The lowest BCUT2D eigenvalue weighted by Gasteiger charge is -2.30. The zero-order valence-corrected chi connectivity index (χ0v) is 12.5. The second-order valence-electron chi connectivity index (χ2n) is 5.29. The van der Waals surface area contributed by atoms with Crippen LogP contribution in [0.4, 0.5) is 11.4 Å². The molecule has 0 fully saturated rings. The van der Waals surface area contributed by atoms with Crippen LogP contribution in [0.3, 0.4) is 0 Å². The second-order valence-corrected chi connectivity index (χ2v) is 5.67. The minimum absolute atomic E-state index is 0.124. The Morgan fingerprint density at radius 1 is 1.38 bits per heavy atom. The summed E-state index contributed by atoms with van der Waals surface area (Å²) in [6.07, 6.45) is 3.36. The predicted octanol–water partition coefficient (Wildman–Crippen LogP) is 3.22. The molecule has 2 N–H and O–H groups in total. The summed E-state index contributed by atoms with van der Waals surface area (Å²) in [6.45, 7) is 2.75. The highest BCUT2D eigenvalue weighted by atomic mass is 35.5. The van der Waals surface area contributed by atoms with Crippen molar-refractivity contribution >= 4 is 28.9 Å². The molecule has 3 rings (SSSR count). The van der Waals surface area contributed by atoms with Gasteiger partial charge in [-0.3, -0.25) is 4.79 Å². The van der Waals surface area contributed by atoms with E-state index in [4.69, 9.17) is 17.3 Å². The highest BCUT2D eigenvalue weighted by Crippen LogP contribution is 2.30. The zero-order valence-electron chi connectivity index (χ0n) is 11.8. The van der Waals surface area contributed by atoms with Crippen LogP contribution in [0, 0.1) is 6.92 Å². The SMILES string of the molecule is Cc1ccc2c(c1)CCCN2C(=O)c1cc(Cl)ncc1N. The predicted molar refractivity (Wildman–Crippen MR) is 84.8 cm³/mol. The Balaban J connectivity index is 2.02. The van der Waals surface area contributed by atoms with Gasteiger partial charge in [0.25, 0.3) is 5.91 Å². The van der Waals surface area contributed by atoms with Crippen LogP contribution < -0.4 is 10.6 Å². The summed E-state index contributed by atoms with van der Waals surface area (Å²) in [4.78, 5) is 18.5. The van der Waals surface area contributed by atoms with Crippen LogP contribution in [-0.4, -0.2) is 17.4 Å². The Morgan fingerprint density at radius 2 is 2.19 bits per heavy atom. The first kappa shape index (κ1) is 13.9. The highest BCUT2D eigenvalue weighted by molar-refractivity contribution is 6.30. The van der Waals surface area contributed by atoms with Gasteiger partial charge in [-0.15, -0.1) is 0 Å². The van der Waals surface area contributed by atoms with Gasteiger partial charge in [0, 0.05) is 12.2 Å². The van der Waals surface area contributed by atoms with Crippen molar-refractivity contribution in [2.24, 2.45) is 0 Å². The summed E-state index contributed by atoms with van der Waals surface area (Å²) >= 11 is 5.88. The van der Waals surface area contributed by atoms with Crippen molar-refractivity contribution in [1.82, 2.24) is 4.98 Å². The van der Waals surface area contributed by atoms with E-state index >= 15 is 0 Å². The van der Waals surface area contributed by atoms with Gasteiger partial charge < -0.3 is 10.6 Å². The molecule has 1 aromatic carbocycles. The normalized spacial score (nSPS) is 13.9. The average molecular weight is 302 g/mol. The minimum atomic E-state index is -0.124. The Hall–Kier alpha value is -2.07. The third kappa shape index (κ3) is 2.59. The summed E-state index contributed by atoms with van der Waals surface area (Å²) in [5, 5.41) is 0.272. The number of hydrogen-bond donors (Lipinski definition) is 1. The van der Waals surface area contributed by atoms with Crippen LogP contribution in [-0.2, 0) is 6.42 Å². The first-order chi connectivity index (χ1) is 10.1. The maximum absolute atomic E-state index is 12.8. The fourth-order valence-electron chi connectivity index (χ4n) is 2.71. The number of rotatable bonds is 1.